The third-order valence-corrected chi connectivity index (χ3v) is 2.71. The summed E-state index contributed by atoms with van der Waals surface area (Å²) in [6.45, 7) is 0. The van der Waals surface area contributed by atoms with Crippen LogP contribution in [0.5, 0.6) is 0 Å². The largest absolute Gasteiger partial charge is 0.398 e. The summed E-state index contributed by atoms with van der Waals surface area (Å²) in [5.41, 5.74) is 11.9. The summed E-state index contributed by atoms with van der Waals surface area (Å²) in [5.74, 6) is -0.478. The van der Waals surface area contributed by atoms with Crippen LogP contribution in [0.2, 0.25) is 5.02 Å². The molecular weight excluding hydrogens is 254 g/mol. The first-order valence-electron chi connectivity index (χ1n) is 4.88. The van der Waals surface area contributed by atoms with Gasteiger partial charge in [-0.2, -0.15) is 15.0 Å². The van der Waals surface area contributed by atoms with E-state index in [-0.39, 0.29) is 22.6 Å². The van der Waals surface area contributed by atoms with Gasteiger partial charge in [-0.25, -0.2) is 0 Å². The quantitative estimate of drug-likeness (QED) is 0.751. The number of benzene rings is 1. The Hall–Kier alpha value is -2.52. The molecule has 0 saturated carbocycles. The van der Waals surface area contributed by atoms with E-state index in [2.05, 4.69) is 5.10 Å². The Morgan fingerprint density at radius 1 is 1.44 bits per heavy atom. The molecule has 18 heavy (non-hydrogen) atoms. The minimum atomic E-state index is -0.475. The first kappa shape index (κ1) is 12.0. The number of nitrogens with zero attached hydrogens (tertiary/aromatic N) is 3. The van der Waals surface area contributed by atoms with Gasteiger partial charge in [-0.1, -0.05) is 11.6 Å². The maximum absolute atomic E-state index is 12.1. The summed E-state index contributed by atoms with van der Waals surface area (Å²) in [7, 11) is 0. The lowest BCUT2D eigenvalue weighted by Gasteiger charge is -2.04. The Labute approximate surface area is 107 Å². The lowest BCUT2D eigenvalue weighted by Crippen LogP contribution is -2.16. The van der Waals surface area contributed by atoms with Crippen molar-refractivity contribution in [3.05, 3.63) is 40.5 Å². The number of carbonyl (C=O) groups excluding carboxylic acids is 1. The Morgan fingerprint density at radius 2 is 2.17 bits per heavy atom. The van der Waals surface area contributed by atoms with Crippen molar-refractivity contribution >= 4 is 29.0 Å². The number of hydrogen-bond donors (Lipinski definition) is 2. The van der Waals surface area contributed by atoms with E-state index >= 15 is 0 Å². The molecule has 0 fully saturated rings. The number of rotatable bonds is 1. The number of aromatic nitrogens is 2. The molecule has 0 aliphatic carbocycles. The minimum Gasteiger partial charge on any atom is -0.398 e. The third kappa shape index (κ3) is 1.87. The van der Waals surface area contributed by atoms with Gasteiger partial charge in [0, 0.05) is 5.56 Å². The van der Waals surface area contributed by atoms with Crippen molar-refractivity contribution in [1.29, 1.82) is 5.26 Å². The number of nitrogen functional groups attached to an aromatic ring is 2. The lowest BCUT2D eigenvalue weighted by atomic mass is 10.2. The molecule has 2 aromatic rings. The molecule has 1 aromatic heterocycles. The van der Waals surface area contributed by atoms with Crippen LogP contribution in [-0.4, -0.2) is 15.7 Å². The smallest absolute Gasteiger partial charge is 0.280 e. The summed E-state index contributed by atoms with van der Waals surface area (Å²) in [4.78, 5) is 12.1. The fourth-order valence-corrected chi connectivity index (χ4v) is 1.52. The summed E-state index contributed by atoms with van der Waals surface area (Å²) in [6, 6.07) is 6.28. The van der Waals surface area contributed by atoms with Gasteiger partial charge in [-0.3, -0.25) is 4.79 Å². The fraction of sp³-hybridized carbons (Fsp3) is 0. The number of hydrogen-bond acceptors (Lipinski definition) is 5. The van der Waals surface area contributed by atoms with Gasteiger partial charge < -0.3 is 11.5 Å². The topological polar surface area (TPSA) is 111 Å². The molecule has 4 N–H and O–H groups in total. The Morgan fingerprint density at radius 3 is 2.72 bits per heavy atom. The lowest BCUT2D eigenvalue weighted by molar-refractivity contribution is 0.0948. The van der Waals surface area contributed by atoms with Crippen molar-refractivity contribution in [1.82, 2.24) is 9.78 Å². The van der Waals surface area contributed by atoms with Crippen molar-refractivity contribution in [3.63, 3.8) is 0 Å². The summed E-state index contributed by atoms with van der Waals surface area (Å²) in [6.07, 6.45) is 1.23. The van der Waals surface area contributed by atoms with Crippen LogP contribution in [0.4, 0.5) is 11.5 Å². The second kappa shape index (κ2) is 4.39. The van der Waals surface area contributed by atoms with Crippen molar-refractivity contribution in [2.75, 3.05) is 11.5 Å². The molecule has 0 amide bonds. The van der Waals surface area contributed by atoms with Crippen LogP contribution in [0.25, 0.3) is 0 Å². The number of halogens is 1. The average Bonchev–Trinajstić information content (AvgIpc) is 2.73. The van der Waals surface area contributed by atoms with E-state index in [0.717, 1.165) is 4.68 Å². The molecular formula is C11H8ClN5O. The SMILES string of the molecule is N#Cc1cnn(C(=O)c2ccc(Cl)c(N)c2)c1N. The molecule has 0 radical (unpaired) electrons. The van der Waals surface area contributed by atoms with Gasteiger partial charge in [-0.05, 0) is 18.2 Å². The van der Waals surface area contributed by atoms with Crippen LogP contribution in [0.1, 0.15) is 15.9 Å². The second-order valence-corrected chi connectivity index (χ2v) is 3.92. The molecule has 0 atom stereocenters. The highest BCUT2D eigenvalue weighted by molar-refractivity contribution is 6.33. The van der Waals surface area contributed by atoms with Crippen LogP contribution in [0, 0.1) is 11.3 Å². The Bertz CT molecular complexity index is 671. The highest BCUT2D eigenvalue weighted by Gasteiger charge is 2.16. The summed E-state index contributed by atoms with van der Waals surface area (Å²) in [5, 5.41) is 12.9. The van der Waals surface area contributed by atoms with Crippen LogP contribution in [-0.2, 0) is 0 Å². The molecule has 90 valence electrons. The molecule has 0 aliphatic heterocycles. The summed E-state index contributed by atoms with van der Waals surface area (Å²) < 4.78 is 0.946. The van der Waals surface area contributed by atoms with Crippen LogP contribution >= 0.6 is 11.6 Å². The third-order valence-electron chi connectivity index (χ3n) is 2.36. The zero-order valence-corrected chi connectivity index (χ0v) is 9.85. The Kier molecular flexibility index (Phi) is 2.92. The molecule has 0 bridgehead atoms. The first-order valence-corrected chi connectivity index (χ1v) is 5.25. The standard InChI is InChI=1S/C11H8ClN5O/c12-8-2-1-6(3-9(8)14)11(18)17-10(15)7(4-13)5-16-17/h1-3,5H,14-15H2. The van der Waals surface area contributed by atoms with Gasteiger partial charge >= 0.3 is 0 Å². The first-order chi connectivity index (χ1) is 8.54. The van der Waals surface area contributed by atoms with E-state index in [1.165, 1.54) is 24.4 Å². The van der Waals surface area contributed by atoms with E-state index in [1.807, 2.05) is 6.07 Å². The average molecular weight is 262 g/mol. The normalized spacial score (nSPS) is 10.0. The number of nitriles is 1. The van der Waals surface area contributed by atoms with Gasteiger partial charge in [0.25, 0.3) is 5.91 Å². The van der Waals surface area contributed by atoms with Gasteiger partial charge in [0.2, 0.25) is 0 Å². The molecule has 1 aromatic carbocycles. The highest BCUT2D eigenvalue weighted by Crippen LogP contribution is 2.21. The van der Waals surface area contributed by atoms with E-state index in [0.29, 0.717) is 5.02 Å². The summed E-state index contributed by atoms with van der Waals surface area (Å²) >= 11 is 5.76. The highest BCUT2D eigenvalue weighted by atomic mass is 35.5. The predicted molar refractivity (Wildman–Crippen MR) is 66.9 cm³/mol. The maximum Gasteiger partial charge on any atom is 0.280 e. The molecule has 1 heterocycles. The maximum atomic E-state index is 12.1. The van der Waals surface area contributed by atoms with Gasteiger partial charge in [0.05, 0.1) is 16.9 Å². The van der Waals surface area contributed by atoms with Crippen molar-refractivity contribution in [3.8, 4) is 6.07 Å². The van der Waals surface area contributed by atoms with E-state index < -0.39 is 5.91 Å². The molecule has 0 saturated heterocycles. The number of anilines is 2. The number of nitrogens with two attached hydrogens (primary N) is 2. The van der Waals surface area contributed by atoms with E-state index in [1.54, 1.807) is 0 Å². The molecule has 2 rings (SSSR count). The zero-order chi connectivity index (χ0) is 13.3. The van der Waals surface area contributed by atoms with Crippen molar-refractivity contribution in [2.45, 2.75) is 0 Å². The van der Waals surface area contributed by atoms with Crippen molar-refractivity contribution in [2.24, 2.45) is 0 Å². The van der Waals surface area contributed by atoms with Crippen LogP contribution in [0.3, 0.4) is 0 Å². The van der Waals surface area contributed by atoms with Gasteiger partial charge in [-0.15, -0.1) is 0 Å². The fourth-order valence-electron chi connectivity index (χ4n) is 1.40. The van der Waals surface area contributed by atoms with E-state index in [4.69, 9.17) is 28.3 Å². The predicted octanol–water partition coefficient (Wildman–Crippen LogP) is 1.26. The molecule has 0 spiro atoms. The zero-order valence-electron chi connectivity index (χ0n) is 9.09. The molecule has 0 aliphatic rings. The second-order valence-electron chi connectivity index (χ2n) is 3.51. The van der Waals surface area contributed by atoms with Gasteiger partial charge in [0.15, 0.2) is 0 Å². The van der Waals surface area contributed by atoms with Gasteiger partial charge in [0.1, 0.15) is 17.5 Å². The Balaban J connectivity index is 2.45. The van der Waals surface area contributed by atoms with E-state index in [9.17, 15) is 4.79 Å². The van der Waals surface area contributed by atoms with Crippen molar-refractivity contribution < 1.29 is 4.79 Å². The molecule has 0 unspecified atom stereocenters. The van der Waals surface area contributed by atoms with Crippen LogP contribution in [0.15, 0.2) is 24.4 Å². The van der Waals surface area contributed by atoms with Crippen LogP contribution < -0.4 is 11.5 Å². The number of carbonyl (C=O) groups is 1. The minimum absolute atomic E-state index is 0.00368. The molecule has 6 nitrogen and oxygen atoms in total. The monoisotopic (exact) mass is 261 g/mol. The molecule has 7 heteroatoms.